The van der Waals surface area contributed by atoms with E-state index < -0.39 is 0 Å². The molecular formula is C15H14N2O. The van der Waals surface area contributed by atoms with Crippen molar-refractivity contribution in [1.82, 2.24) is 9.97 Å². The summed E-state index contributed by atoms with van der Waals surface area (Å²) in [5.41, 5.74) is 4.30. The van der Waals surface area contributed by atoms with Crippen LogP contribution in [0.15, 0.2) is 42.5 Å². The summed E-state index contributed by atoms with van der Waals surface area (Å²) in [7, 11) is 0. The molecule has 0 saturated heterocycles. The van der Waals surface area contributed by atoms with E-state index in [4.69, 9.17) is 0 Å². The maximum Gasteiger partial charge on any atom is 0.115 e. The minimum Gasteiger partial charge on any atom is -0.508 e. The zero-order valence-electron chi connectivity index (χ0n) is 10.1. The molecule has 3 heteroatoms. The highest BCUT2D eigenvalue weighted by molar-refractivity contribution is 5.78. The van der Waals surface area contributed by atoms with Crippen molar-refractivity contribution in [2.75, 3.05) is 0 Å². The molecule has 3 rings (SSSR count). The summed E-state index contributed by atoms with van der Waals surface area (Å²) in [6.07, 6.45) is 0.697. The predicted octanol–water partition coefficient (Wildman–Crippen LogP) is 3.17. The van der Waals surface area contributed by atoms with Crippen LogP contribution in [0.1, 0.15) is 17.0 Å². The van der Waals surface area contributed by atoms with Crippen molar-refractivity contribution in [3.63, 3.8) is 0 Å². The molecule has 1 aromatic heterocycles. The lowest BCUT2D eigenvalue weighted by Gasteiger charge is -1.98. The molecule has 3 nitrogen and oxygen atoms in total. The molecule has 0 unspecified atom stereocenters. The summed E-state index contributed by atoms with van der Waals surface area (Å²) < 4.78 is 0. The highest BCUT2D eigenvalue weighted by Gasteiger charge is 2.05. The van der Waals surface area contributed by atoms with E-state index in [1.165, 1.54) is 5.56 Å². The van der Waals surface area contributed by atoms with E-state index in [1.54, 1.807) is 12.1 Å². The zero-order chi connectivity index (χ0) is 12.5. The van der Waals surface area contributed by atoms with Crippen LogP contribution in [0.25, 0.3) is 11.0 Å². The van der Waals surface area contributed by atoms with Gasteiger partial charge in [-0.15, -0.1) is 0 Å². The molecule has 0 fully saturated rings. The Kier molecular flexibility index (Phi) is 2.52. The first kappa shape index (κ1) is 10.8. The average Bonchev–Trinajstić information content (AvgIpc) is 2.73. The third kappa shape index (κ3) is 1.95. The number of nitrogens with zero attached hydrogens (tertiary/aromatic N) is 1. The van der Waals surface area contributed by atoms with Crippen molar-refractivity contribution in [3.8, 4) is 5.75 Å². The number of aryl methyl sites for hydroxylation is 1. The van der Waals surface area contributed by atoms with Gasteiger partial charge in [0.2, 0.25) is 0 Å². The maximum atomic E-state index is 9.44. The number of para-hydroxylation sites is 1. The van der Waals surface area contributed by atoms with Gasteiger partial charge in [0.15, 0.2) is 0 Å². The SMILES string of the molecule is Cc1cccc2[nH]c(Cc3cccc(O)c3)nc12. The Morgan fingerprint density at radius 3 is 2.78 bits per heavy atom. The molecule has 0 aliphatic heterocycles. The number of hydrogen-bond acceptors (Lipinski definition) is 2. The van der Waals surface area contributed by atoms with Gasteiger partial charge in [-0.3, -0.25) is 0 Å². The molecule has 18 heavy (non-hydrogen) atoms. The second-order valence-corrected chi connectivity index (χ2v) is 4.50. The average molecular weight is 238 g/mol. The normalized spacial score (nSPS) is 10.9. The number of imidazole rings is 1. The van der Waals surface area contributed by atoms with Crippen LogP contribution in [-0.2, 0) is 6.42 Å². The van der Waals surface area contributed by atoms with Crippen molar-refractivity contribution in [2.45, 2.75) is 13.3 Å². The summed E-state index contributed by atoms with van der Waals surface area (Å²) in [6.45, 7) is 2.06. The Bertz CT molecular complexity index is 701. The summed E-state index contributed by atoms with van der Waals surface area (Å²) in [4.78, 5) is 7.91. The molecule has 0 radical (unpaired) electrons. The Balaban J connectivity index is 1.98. The van der Waals surface area contributed by atoms with E-state index in [9.17, 15) is 5.11 Å². The fraction of sp³-hybridized carbons (Fsp3) is 0.133. The molecule has 0 aliphatic carbocycles. The molecule has 0 saturated carbocycles. The standard InChI is InChI=1S/C15H14N2O/c1-10-4-2-7-13-15(10)17-14(16-13)9-11-5-3-6-12(18)8-11/h2-8,18H,9H2,1H3,(H,16,17). The first-order valence-corrected chi connectivity index (χ1v) is 5.94. The van der Waals surface area contributed by atoms with Crippen LogP contribution < -0.4 is 0 Å². The molecule has 0 bridgehead atoms. The molecule has 0 amide bonds. The van der Waals surface area contributed by atoms with E-state index in [1.807, 2.05) is 24.3 Å². The van der Waals surface area contributed by atoms with Crippen LogP contribution in [0.4, 0.5) is 0 Å². The van der Waals surface area contributed by atoms with Gasteiger partial charge in [-0.1, -0.05) is 24.3 Å². The zero-order valence-corrected chi connectivity index (χ0v) is 10.1. The number of fused-ring (bicyclic) bond motifs is 1. The highest BCUT2D eigenvalue weighted by atomic mass is 16.3. The minimum atomic E-state index is 0.291. The lowest BCUT2D eigenvalue weighted by molar-refractivity contribution is 0.474. The second-order valence-electron chi connectivity index (χ2n) is 4.50. The van der Waals surface area contributed by atoms with Gasteiger partial charge in [-0.05, 0) is 36.2 Å². The molecule has 0 atom stereocenters. The van der Waals surface area contributed by atoms with Crippen LogP contribution in [-0.4, -0.2) is 15.1 Å². The van der Waals surface area contributed by atoms with E-state index in [2.05, 4.69) is 23.0 Å². The van der Waals surface area contributed by atoms with Crippen LogP contribution in [0.5, 0.6) is 5.75 Å². The minimum absolute atomic E-state index is 0.291. The predicted molar refractivity (Wildman–Crippen MR) is 71.7 cm³/mol. The summed E-state index contributed by atoms with van der Waals surface area (Å²) in [6, 6.07) is 13.4. The molecule has 2 aromatic carbocycles. The van der Waals surface area contributed by atoms with E-state index in [-0.39, 0.29) is 0 Å². The smallest absolute Gasteiger partial charge is 0.115 e. The molecular weight excluding hydrogens is 224 g/mol. The van der Waals surface area contributed by atoms with Gasteiger partial charge in [0.05, 0.1) is 11.0 Å². The van der Waals surface area contributed by atoms with Crippen molar-refractivity contribution in [1.29, 1.82) is 0 Å². The molecule has 0 spiro atoms. The highest BCUT2D eigenvalue weighted by Crippen LogP contribution is 2.18. The number of aromatic nitrogens is 2. The summed E-state index contributed by atoms with van der Waals surface area (Å²) >= 11 is 0. The number of hydrogen-bond donors (Lipinski definition) is 2. The Hall–Kier alpha value is -2.29. The van der Waals surface area contributed by atoms with Gasteiger partial charge < -0.3 is 10.1 Å². The number of rotatable bonds is 2. The number of nitrogens with one attached hydrogen (secondary N) is 1. The van der Waals surface area contributed by atoms with Gasteiger partial charge in [-0.2, -0.15) is 0 Å². The van der Waals surface area contributed by atoms with Crippen molar-refractivity contribution < 1.29 is 5.11 Å². The number of benzene rings is 2. The second kappa shape index (κ2) is 4.18. The van der Waals surface area contributed by atoms with Crippen molar-refractivity contribution >= 4 is 11.0 Å². The third-order valence-electron chi connectivity index (χ3n) is 3.05. The third-order valence-corrected chi connectivity index (χ3v) is 3.05. The molecule has 3 aromatic rings. The monoisotopic (exact) mass is 238 g/mol. The molecule has 0 aliphatic rings. The van der Waals surface area contributed by atoms with Gasteiger partial charge in [0, 0.05) is 6.42 Å². The number of phenols is 1. The maximum absolute atomic E-state index is 9.44. The lowest BCUT2D eigenvalue weighted by atomic mass is 10.1. The lowest BCUT2D eigenvalue weighted by Crippen LogP contribution is -1.90. The molecule has 2 N–H and O–H groups in total. The fourth-order valence-corrected chi connectivity index (χ4v) is 2.17. The van der Waals surface area contributed by atoms with Crippen molar-refractivity contribution in [3.05, 3.63) is 59.4 Å². The Labute approximate surface area is 105 Å². The van der Waals surface area contributed by atoms with Gasteiger partial charge in [0.1, 0.15) is 11.6 Å². The number of H-pyrrole nitrogens is 1. The fourth-order valence-electron chi connectivity index (χ4n) is 2.17. The largest absolute Gasteiger partial charge is 0.508 e. The summed E-state index contributed by atoms with van der Waals surface area (Å²) in [5.74, 6) is 1.21. The van der Waals surface area contributed by atoms with E-state index >= 15 is 0 Å². The van der Waals surface area contributed by atoms with Gasteiger partial charge in [0.25, 0.3) is 0 Å². The first-order valence-electron chi connectivity index (χ1n) is 5.94. The molecule has 90 valence electrons. The quantitative estimate of drug-likeness (QED) is 0.720. The number of aromatic amines is 1. The van der Waals surface area contributed by atoms with Gasteiger partial charge >= 0.3 is 0 Å². The topological polar surface area (TPSA) is 48.9 Å². The van der Waals surface area contributed by atoms with Crippen LogP contribution in [0.2, 0.25) is 0 Å². The van der Waals surface area contributed by atoms with E-state index in [0.717, 1.165) is 22.4 Å². The summed E-state index contributed by atoms with van der Waals surface area (Å²) in [5, 5.41) is 9.44. The van der Waals surface area contributed by atoms with Gasteiger partial charge in [-0.25, -0.2) is 4.98 Å². The molecule has 1 heterocycles. The first-order chi connectivity index (χ1) is 8.72. The van der Waals surface area contributed by atoms with E-state index in [0.29, 0.717) is 12.2 Å². The number of phenolic OH excluding ortho intramolecular Hbond substituents is 1. The van der Waals surface area contributed by atoms with Crippen LogP contribution >= 0.6 is 0 Å². The van der Waals surface area contributed by atoms with Crippen molar-refractivity contribution in [2.24, 2.45) is 0 Å². The number of aromatic hydroxyl groups is 1. The van der Waals surface area contributed by atoms with Crippen LogP contribution in [0.3, 0.4) is 0 Å². The Morgan fingerprint density at radius 2 is 2.00 bits per heavy atom. The van der Waals surface area contributed by atoms with Crippen LogP contribution in [0, 0.1) is 6.92 Å². The Morgan fingerprint density at radius 1 is 1.17 bits per heavy atom.